The smallest absolute Gasteiger partial charge is 0.227 e. The second-order valence-electron chi connectivity index (χ2n) is 5.56. The molecule has 0 aliphatic carbocycles. The fraction of sp³-hybridized carbons (Fsp3) is 0.533. The van der Waals surface area contributed by atoms with Crippen LogP contribution in [0.25, 0.3) is 0 Å². The Balaban J connectivity index is 1.85. The molecule has 1 aliphatic rings. The molecule has 1 aliphatic heterocycles. The SMILES string of the molecule is Cc1cc(F)ccc1CCNC(=O)C1(C)CCNC1. The molecule has 0 spiro atoms. The van der Waals surface area contributed by atoms with Gasteiger partial charge in [0.25, 0.3) is 0 Å². The number of carbonyl (C=O) groups is 1. The van der Waals surface area contributed by atoms with Crippen molar-refractivity contribution in [3.05, 3.63) is 35.1 Å². The van der Waals surface area contributed by atoms with E-state index in [0.29, 0.717) is 6.54 Å². The van der Waals surface area contributed by atoms with Crippen LogP contribution in [0.1, 0.15) is 24.5 Å². The number of benzene rings is 1. The van der Waals surface area contributed by atoms with E-state index < -0.39 is 0 Å². The first-order valence-electron chi connectivity index (χ1n) is 6.75. The Morgan fingerprint density at radius 2 is 2.32 bits per heavy atom. The van der Waals surface area contributed by atoms with Crippen LogP contribution in [0.3, 0.4) is 0 Å². The van der Waals surface area contributed by atoms with Crippen LogP contribution in [0.5, 0.6) is 0 Å². The van der Waals surface area contributed by atoms with Crippen LogP contribution in [-0.4, -0.2) is 25.5 Å². The van der Waals surface area contributed by atoms with E-state index in [0.717, 1.165) is 37.1 Å². The molecular weight excluding hydrogens is 243 g/mol. The van der Waals surface area contributed by atoms with E-state index in [1.165, 1.54) is 12.1 Å². The molecule has 0 aromatic heterocycles. The molecule has 1 atom stereocenters. The van der Waals surface area contributed by atoms with Crippen molar-refractivity contribution in [1.82, 2.24) is 10.6 Å². The number of carbonyl (C=O) groups excluding carboxylic acids is 1. The zero-order valence-electron chi connectivity index (χ0n) is 11.6. The van der Waals surface area contributed by atoms with Crippen molar-refractivity contribution in [3.8, 4) is 0 Å². The van der Waals surface area contributed by atoms with Gasteiger partial charge >= 0.3 is 0 Å². The minimum Gasteiger partial charge on any atom is -0.355 e. The molecule has 1 aromatic rings. The van der Waals surface area contributed by atoms with Crippen molar-refractivity contribution in [3.63, 3.8) is 0 Å². The van der Waals surface area contributed by atoms with Gasteiger partial charge in [0.15, 0.2) is 0 Å². The molecule has 2 rings (SSSR count). The van der Waals surface area contributed by atoms with Gasteiger partial charge in [-0.05, 0) is 56.5 Å². The van der Waals surface area contributed by atoms with Crippen LogP contribution >= 0.6 is 0 Å². The lowest BCUT2D eigenvalue weighted by Crippen LogP contribution is -2.41. The minimum atomic E-state index is -0.280. The first kappa shape index (κ1) is 14.0. The summed E-state index contributed by atoms with van der Waals surface area (Å²) in [5.74, 6) is -0.105. The maximum Gasteiger partial charge on any atom is 0.227 e. The largest absolute Gasteiger partial charge is 0.355 e. The third-order valence-corrected chi connectivity index (χ3v) is 3.90. The summed E-state index contributed by atoms with van der Waals surface area (Å²) in [7, 11) is 0. The van der Waals surface area contributed by atoms with Gasteiger partial charge in [0, 0.05) is 13.1 Å². The third kappa shape index (κ3) is 3.32. The van der Waals surface area contributed by atoms with Crippen LogP contribution < -0.4 is 10.6 Å². The van der Waals surface area contributed by atoms with Gasteiger partial charge in [-0.15, -0.1) is 0 Å². The molecule has 2 N–H and O–H groups in total. The molecule has 1 aromatic carbocycles. The topological polar surface area (TPSA) is 41.1 Å². The van der Waals surface area contributed by atoms with Crippen molar-refractivity contribution in [2.45, 2.75) is 26.7 Å². The highest BCUT2D eigenvalue weighted by molar-refractivity contribution is 5.82. The van der Waals surface area contributed by atoms with E-state index in [4.69, 9.17) is 0 Å². The second kappa shape index (κ2) is 5.70. The summed E-state index contributed by atoms with van der Waals surface area (Å²) in [5, 5.41) is 6.20. The predicted octanol–water partition coefficient (Wildman–Crippen LogP) is 1.79. The molecule has 3 nitrogen and oxygen atoms in total. The minimum absolute atomic E-state index is 0.109. The van der Waals surface area contributed by atoms with Gasteiger partial charge < -0.3 is 10.6 Å². The molecule has 1 heterocycles. The molecule has 19 heavy (non-hydrogen) atoms. The summed E-state index contributed by atoms with van der Waals surface area (Å²) in [6.45, 7) is 6.13. The van der Waals surface area contributed by atoms with Gasteiger partial charge in [0.05, 0.1) is 5.41 Å². The normalized spacial score (nSPS) is 22.5. The molecule has 0 radical (unpaired) electrons. The molecule has 0 saturated carbocycles. The maximum atomic E-state index is 13.0. The van der Waals surface area contributed by atoms with Crippen molar-refractivity contribution in [2.24, 2.45) is 5.41 Å². The molecule has 1 fully saturated rings. The first-order chi connectivity index (χ1) is 9.01. The molecule has 104 valence electrons. The number of aryl methyl sites for hydroxylation is 1. The molecule has 1 amide bonds. The van der Waals surface area contributed by atoms with E-state index in [2.05, 4.69) is 10.6 Å². The summed E-state index contributed by atoms with van der Waals surface area (Å²) >= 11 is 0. The molecule has 1 saturated heterocycles. The summed E-state index contributed by atoms with van der Waals surface area (Å²) in [6, 6.07) is 4.78. The second-order valence-corrected chi connectivity index (χ2v) is 5.56. The van der Waals surface area contributed by atoms with Gasteiger partial charge in [-0.3, -0.25) is 4.79 Å². The van der Waals surface area contributed by atoms with Gasteiger partial charge in [-0.25, -0.2) is 4.39 Å². The van der Waals surface area contributed by atoms with E-state index >= 15 is 0 Å². The third-order valence-electron chi connectivity index (χ3n) is 3.90. The zero-order valence-corrected chi connectivity index (χ0v) is 11.6. The highest BCUT2D eigenvalue weighted by atomic mass is 19.1. The molecular formula is C15H21FN2O. The van der Waals surface area contributed by atoms with Crippen LogP contribution in [0.4, 0.5) is 4.39 Å². The summed E-state index contributed by atoms with van der Waals surface area (Å²) in [6.07, 6.45) is 1.62. The quantitative estimate of drug-likeness (QED) is 0.870. The molecule has 4 heteroatoms. The van der Waals surface area contributed by atoms with Gasteiger partial charge in [0.2, 0.25) is 5.91 Å². The van der Waals surface area contributed by atoms with Crippen molar-refractivity contribution in [2.75, 3.05) is 19.6 Å². The standard InChI is InChI=1S/C15H21FN2O/c1-11-9-13(16)4-3-12(11)5-7-18-14(19)15(2)6-8-17-10-15/h3-4,9,17H,5-8,10H2,1-2H3,(H,18,19). The van der Waals surface area contributed by atoms with Crippen molar-refractivity contribution < 1.29 is 9.18 Å². The fourth-order valence-corrected chi connectivity index (χ4v) is 2.47. The number of hydrogen-bond acceptors (Lipinski definition) is 2. The Bertz CT molecular complexity index is 467. The molecule has 0 bridgehead atoms. The number of hydrogen-bond donors (Lipinski definition) is 2. The van der Waals surface area contributed by atoms with Gasteiger partial charge in [0.1, 0.15) is 5.82 Å². The van der Waals surface area contributed by atoms with Crippen LogP contribution in [0, 0.1) is 18.2 Å². The zero-order chi connectivity index (χ0) is 13.9. The van der Waals surface area contributed by atoms with Crippen LogP contribution in [0.15, 0.2) is 18.2 Å². The van der Waals surface area contributed by atoms with E-state index in [-0.39, 0.29) is 17.1 Å². The Kier molecular flexibility index (Phi) is 4.20. The van der Waals surface area contributed by atoms with Crippen LogP contribution in [0.2, 0.25) is 0 Å². The Hall–Kier alpha value is -1.42. The van der Waals surface area contributed by atoms with Crippen molar-refractivity contribution in [1.29, 1.82) is 0 Å². The number of rotatable bonds is 4. The lowest BCUT2D eigenvalue weighted by atomic mass is 9.89. The fourth-order valence-electron chi connectivity index (χ4n) is 2.47. The number of nitrogens with one attached hydrogen (secondary N) is 2. The first-order valence-corrected chi connectivity index (χ1v) is 6.75. The number of amides is 1. The van der Waals surface area contributed by atoms with Crippen molar-refractivity contribution >= 4 is 5.91 Å². The summed E-state index contributed by atoms with van der Waals surface area (Å²) in [5.41, 5.74) is 1.73. The van der Waals surface area contributed by atoms with E-state index in [9.17, 15) is 9.18 Å². The van der Waals surface area contributed by atoms with Crippen LogP contribution in [-0.2, 0) is 11.2 Å². The van der Waals surface area contributed by atoms with E-state index in [1.807, 2.05) is 13.8 Å². The predicted molar refractivity (Wildman–Crippen MR) is 73.4 cm³/mol. The monoisotopic (exact) mass is 264 g/mol. The Morgan fingerprint density at radius 3 is 2.95 bits per heavy atom. The highest BCUT2D eigenvalue weighted by Gasteiger charge is 2.35. The average Bonchev–Trinajstić information content (AvgIpc) is 2.80. The maximum absolute atomic E-state index is 13.0. The molecule has 1 unspecified atom stereocenters. The van der Waals surface area contributed by atoms with Gasteiger partial charge in [-0.1, -0.05) is 6.07 Å². The lowest BCUT2D eigenvalue weighted by molar-refractivity contribution is -0.129. The van der Waals surface area contributed by atoms with Gasteiger partial charge in [-0.2, -0.15) is 0 Å². The summed E-state index contributed by atoms with van der Waals surface area (Å²) in [4.78, 5) is 12.1. The number of halogens is 1. The highest BCUT2D eigenvalue weighted by Crippen LogP contribution is 2.24. The lowest BCUT2D eigenvalue weighted by Gasteiger charge is -2.21. The summed E-state index contributed by atoms with van der Waals surface area (Å²) < 4.78 is 13.0. The Labute approximate surface area is 113 Å². The average molecular weight is 264 g/mol. The Morgan fingerprint density at radius 1 is 1.53 bits per heavy atom. The van der Waals surface area contributed by atoms with E-state index in [1.54, 1.807) is 6.07 Å².